The Hall–Kier alpha value is -7.58. The molecule has 2 spiro atoms. The van der Waals surface area contributed by atoms with Crippen LogP contribution in [-0.2, 0) is 77.3 Å². The number of carbonyl (C=O) groups excluding carboxylic acids is 3. The van der Waals surface area contributed by atoms with Crippen LogP contribution in [-0.4, -0.2) is 193 Å². The van der Waals surface area contributed by atoms with E-state index in [1.54, 1.807) is 33.3 Å². The molecule has 10 aliphatic rings. The first-order valence-corrected chi connectivity index (χ1v) is 33.9. The van der Waals surface area contributed by atoms with Crippen molar-refractivity contribution in [2.45, 2.75) is 132 Å². The van der Waals surface area contributed by atoms with Gasteiger partial charge in [0.2, 0.25) is 0 Å². The number of aliphatic hydroxyl groups excluding tert-OH is 2. The lowest BCUT2D eigenvalue weighted by molar-refractivity contribution is -0.144. The minimum Gasteiger partial charge on any atom is -0.507 e. The number of carbonyl (C=O) groups is 3. The molecule has 4 aliphatic carbocycles. The maximum atomic E-state index is 12.0. The van der Waals surface area contributed by atoms with Crippen molar-refractivity contribution >= 4 is 38.9 Å². The molecular weight excluding hydrogens is 1240 g/mol. The van der Waals surface area contributed by atoms with Gasteiger partial charge in [0.05, 0.1) is 27.4 Å². The molecule has 0 unspecified atom stereocenters. The number of aryl methyl sites for hydroxylation is 1. The number of morpholine rings is 1. The second-order valence-corrected chi connectivity index (χ2v) is 27.3. The number of ether oxygens (including phenoxy) is 7. The van der Waals surface area contributed by atoms with E-state index in [1.807, 2.05) is 62.4 Å². The number of aromatic hydroxyl groups is 3. The highest BCUT2D eigenvalue weighted by molar-refractivity contribution is 7.79. The number of rotatable bonds is 13. The summed E-state index contributed by atoms with van der Waals surface area (Å²) < 4.78 is 70.1. The fourth-order valence-electron chi connectivity index (χ4n) is 16.2. The number of fused-ring (bicyclic) bond motifs is 2. The first-order valence-electron chi connectivity index (χ1n) is 32.5. The van der Waals surface area contributed by atoms with E-state index in [2.05, 4.69) is 59.1 Å². The molecule has 3 saturated heterocycles. The molecule has 6 heterocycles. The number of phenolic OH excluding ortho intramolecular Hbond substituents is 3. The molecule has 22 nitrogen and oxygen atoms in total. The number of allylic oxidation sites excluding steroid dienone is 2. The van der Waals surface area contributed by atoms with Gasteiger partial charge < -0.3 is 73.3 Å². The van der Waals surface area contributed by atoms with Crippen molar-refractivity contribution in [3.8, 4) is 40.2 Å². The van der Waals surface area contributed by atoms with E-state index in [4.69, 9.17) is 50.7 Å². The smallest absolute Gasteiger partial charge is 0.394 e. The van der Waals surface area contributed by atoms with Gasteiger partial charge in [0.15, 0.2) is 23.0 Å². The molecule has 0 amide bonds. The molecule has 3 fully saturated rings. The predicted octanol–water partition coefficient (Wildman–Crippen LogP) is 7.64. The molecule has 10 atom stereocenters. The Balaban J connectivity index is 0.000000128. The summed E-state index contributed by atoms with van der Waals surface area (Å²) in [6.07, 6.45) is 15.0. The van der Waals surface area contributed by atoms with Gasteiger partial charge >= 0.3 is 22.3 Å². The Morgan fingerprint density at radius 1 is 0.726 bits per heavy atom. The topological polar surface area (TPSA) is 301 Å². The molecule has 0 saturated carbocycles. The van der Waals surface area contributed by atoms with Crippen molar-refractivity contribution in [1.82, 2.24) is 14.7 Å². The largest absolute Gasteiger partial charge is 0.507 e. The first-order chi connectivity index (χ1) is 45.4. The van der Waals surface area contributed by atoms with Crippen molar-refractivity contribution in [1.29, 1.82) is 0 Å². The number of esters is 2. The Labute approximate surface area is 553 Å². The summed E-state index contributed by atoms with van der Waals surface area (Å²) in [5, 5.41) is 54.3. The Morgan fingerprint density at radius 2 is 1.28 bits per heavy atom. The van der Waals surface area contributed by atoms with Crippen LogP contribution in [0.15, 0.2) is 96.6 Å². The van der Waals surface area contributed by atoms with Crippen molar-refractivity contribution in [3.63, 3.8) is 0 Å². The van der Waals surface area contributed by atoms with Crippen molar-refractivity contribution in [2.24, 2.45) is 11.8 Å². The van der Waals surface area contributed by atoms with Crippen LogP contribution in [0.4, 0.5) is 0 Å². The van der Waals surface area contributed by atoms with Crippen LogP contribution in [0.3, 0.4) is 0 Å². The second kappa shape index (κ2) is 28.2. The summed E-state index contributed by atoms with van der Waals surface area (Å²) in [4.78, 5) is 42.0. The second-order valence-electron chi connectivity index (χ2n) is 26.4. The van der Waals surface area contributed by atoms with Gasteiger partial charge in [0.25, 0.3) is 0 Å². The van der Waals surface area contributed by atoms with Crippen LogP contribution in [0.25, 0.3) is 10.8 Å². The molecule has 5 aromatic rings. The zero-order valence-corrected chi connectivity index (χ0v) is 55.6. The predicted molar refractivity (Wildman–Crippen MR) is 352 cm³/mol. The third-order valence-electron chi connectivity index (χ3n) is 21.0. The summed E-state index contributed by atoms with van der Waals surface area (Å²) in [6.45, 7) is 11.9. The molecule has 7 N–H and O–H groups in total. The number of nitrogens with zero attached hydrogens (tertiary/aromatic N) is 3. The highest BCUT2D eigenvalue weighted by Crippen LogP contribution is 2.64. The number of Topliss-reactive ketones (excluding diaryl/α,β-unsaturated/α-hetero) is 1. The summed E-state index contributed by atoms with van der Waals surface area (Å²) in [5.74, 6) is 3.21. The molecule has 4 bridgehead atoms. The van der Waals surface area contributed by atoms with Crippen LogP contribution in [0.5, 0.6) is 40.2 Å². The Kier molecular flexibility index (Phi) is 20.5. The highest BCUT2D eigenvalue weighted by atomic mass is 32.3. The molecule has 95 heavy (non-hydrogen) atoms. The minimum atomic E-state index is -4.67. The number of cyclic esters (lactones) is 1. The summed E-state index contributed by atoms with van der Waals surface area (Å²) in [6, 6.07) is 20.8. The van der Waals surface area contributed by atoms with E-state index in [0.29, 0.717) is 84.6 Å². The van der Waals surface area contributed by atoms with E-state index >= 15 is 0 Å². The number of ketones is 1. The molecule has 510 valence electrons. The lowest BCUT2D eigenvalue weighted by Crippen LogP contribution is -2.64. The van der Waals surface area contributed by atoms with Crippen LogP contribution in [0.2, 0.25) is 0 Å². The number of piperidine rings is 2. The molecular formula is C72H87N3O19S. The van der Waals surface area contributed by atoms with Gasteiger partial charge in [0, 0.05) is 89.5 Å². The number of hydrogen-bond donors (Lipinski definition) is 7. The standard InChI is InChI=1S/C23H31NO7.2C17H19NO3.C15H16O2.H2O4S/c1-15(5-7-19(25)30-13-10-24-8-11-29-12-9-24)4-6-17-21(26)20-18(14-31-23(20)27)16(2)22(17)28-3;2*1-18-7-6-17-10-3-5-13(20)16(17)21-15-12(19)4-2-9(14(15)17)8-11(10)18;1-11(16)3-4-12-5-6-14-10-15(17-2)8-7-13(14)9-12;1-5(2,3)4/h4,26H,5-14H2,1-3H3;2*2-5,10-11,13,16,19-20H,6-8H2,1H3;5-10H,3-4H2,1-2H3;(H2,1,2,3,4)/b15-4+;;;;/t;2*10-,11+,13-,16-,17-;;/m.00../s1. The van der Waals surface area contributed by atoms with Crippen LogP contribution < -0.4 is 18.9 Å². The average Bonchev–Trinajstić information content (AvgIpc) is 1.59. The van der Waals surface area contributed by atoms with Crippen molar-refractivity contribution in [2.75, 3.05) is 80.9 Å². The number of hydrogen-bond acceptors (Lipinski definition) is 20. The summed E-state index contributed by atoms with van der Waals surface area (Å²) in [7, 11) is 2.92. The lowest BCUT2D eigenvalue weighted by atomic mass is 9.53. The van der Waals surface area contributed by atoms with Gasteiger partial charge in [0.1, 0.15) is 66.2 Å². The number of likely N-dealkylation sites (tertiary alicyclic amines) is 2. The number of phenols is 3. The van der Waals surface area contributed by atoms with E-state index in [0.717, 1.165) is 100 Å². The van der Waals surface area contributed by atoms with Gasteiger partial charge in [-0.1, -0.05) is 72.4 Å². The van der Waals surface area contributed by atoms with Gasteiger partial charge in [-0.05, 0) is 150 Å². The third kappa shape index (κ3) is 13.6. The van der Waals surface area contributed by atoms with E-state index in [-0.39, 0.29) is 64.2 Å². The number of aliphatic hydroxyl groups is 2. The van der Waals surface area contributed by atoms with Gasteiger partial charge in [-0.25, -0.2) is 4.79 Å². The molecule has 0 aromatic heterocycles. The maximum Gasteiger partial charge on any atom is 0.394 e. The Bertz CT molecular complexity index is 3830. The lowest BCUT2D eigenvalue weighted by Gasteiger charge is -2.56. The summed E-state index contributed by atoms with van der Waals surface area (Å²) >= 11 is 0. The maximum absolute atomic E-state index is 12.0. The Morgan fingerprint density at radius 3 is 1.83 bits per heavy atom. The molecule has 0 radical (unpaired) electrons. The molecule has 6 aliphatic heterocycles. The average molecular weight is 1330 g/mol. The minimum absolute atomic E-state index is 0.0912. The van der Waals surface area contributed by atoms with Crippen LogP contribution in [0, 0.1) is 18.8 Å². The normalized spacial score (nSPS) is 26.8. The van der Waals surface area contributed by atoms with Gasteiger partial charge in [-0.15, -0.1) is 0 Å². The SMILES string of the molecule is CN1CC[C@]23c4c5ccc(O)c4O[C@H]2[C@@H](O)C=C[C@H]3[C@H]1C5.CN1CC[C@]23c4c5ccc(O)c4O[C@H]2[C@@H](O)C=C[C@H]3[C@H]1C5.COc1c(C)c2c(c(O)c1C/C=C(\C)CCC(=O)OCCN1CCOCC1)C(=O)OC2.COc1ccc2cc(CCC(C)=O)ccc2c1.O=S(=O)(O)O. The van der Waals surface area contributed by atoms with Crippen LogP contribution in [0.1, 0.15) is 101 Å². The van der Waals surface area contributed by atoms with Crippen molar-refractivity contribution in [3.05, 3.63) is 147 Å². The van der Waals surface area contributed by atoms with Crippen molar-refractivity contribution < 1.29 is 90.6 Å². The van der Waals surface area contributed by atoms with E-state index in [1.165, 1.54) is 33.2 Å². The monoisotopic (exact) mass is 1330 g/mol. The molecule has 23 heteroatoms. The number of benzene rings is 5. The van der Waals surface area contributed by atoms with Crippen LogP contribution >= 0.6 is 0 Å². The van der Waals surface area contributed by atoms with Gasteiger partial charge in [-0.2, -0.15) is 8.42 Å². The molecule has 15 rings (SSSR count). The zero-order chi connectivity index (χ0) is 67.8. The summed E-state index contributed by atoms with van der Waals surface area (Å²) in [5.41, 5.74) is 9.02. The fraction of sp³-hybridized carbons (Fsp3) is 0.486. The first kappa shape index (κ1) is 68.8. The fourth-order valence-corrected chi connectivity index (χ4v) is 16.2. The van der Waals surface area contributed by atoms with E-state index in [9.17, 15) is 39.9 Å². The number of methoxy groups -OCH3 is 2. The highest BCUT2D eigenvalue weighted by Gasteiger charge is 2.65. The third-order valence-corrected chi connectivity index (χ3v) is 21.0. The van der Waals surface area contributed by atoms with Gasteiger partial charge in [-0.3, -0.25) is 18.8 Å². The molecule has 5 aromatic carbocycles. The zero-order valence-electron chi connectivity index (χ0n) is 54.8. The van der Waals surface area contributed by atoms with E-state index < -0.39 is 28.6 Å². The quantitative estimate of drug-likeness (QED) is 0.0338. The number of likely N-dealkylation sites (N-methyl/N-ethyl adjacent to an activating group) is 2.